The number of nitrogens with one attached hydrogen (secondary N) is 2. The van der Waals surface area contributed by atoms with Crippen LogP contribution in [0.5, 0.6) is 0 Å². The number of benzene rings is 1. The molecule has 27 heavy (non-hydrogen) atoms. The second-order valence-electron chi connectivity index (χ2n) is 6.87. The van der Waals surface area contributed by atoms with Crippen molar-refractivity contribution < 1.29 is 9.47 Å². The molecule has 1 heterocycles. The molecule has 152 valence electrons. The summed E-state index contributed by atoms with van der Waals surface area (Å²) in [6.45, 7) is 9.21. The molecular weight excluding hydrogens is 340 g/mol. The fraction of sp³-hybridized carbons (Fsp3) is 0.667. The largest absolute Gasteiger partial charge is 0.383 e. The Labute approximate surface area is 164 Å². The van der Waals surface area contributed by atoms with Gasteiger partial charge in [-0.1, -0.05) is 30.3 Å². The number of nitrogens with zero attached hydrogens (tertiary/aromatic N) is 2. The van der Waals surface area contributed by atoms with Gasteiger partial charge in [0.2, 0.25) is 0 Å². The summed E-state index contributed by atoms with van der Waals surface area (Å²) in [5.41, 5.74) is 1.39. The number of aliphatic imine (C=N–C) groups is 1. The fourth-order valence-electron chi connectivity index (χ4n) is 3.19. The minimum Gasteiger partial charge on any atom is -0.383 e. The first-order valence-electron chi connectivity index (χ1n) is 10.2. The number of likely N-dealkylation sites (tertiary alicyclic amines) is 1. The summed E-state index contributed by atoms with van der Waals surface area (Å²) in [5, 5.41) is 6.50. The van der Waals surface area contributed by atoms with E-state index in [0.717, 1.165) is 71.1 Å². The minimum atomic E-state index is 0.397. The first-order valence-corrected chi connectivity index (χ1v) is 10.2. The van der Waals surface area contributed by atoms with E-state index in [1.54, 1.807) is 7.11 Å². The van der Waals surface area contributed by atoms with E-state index in [2.05, 4.69) is 57.8 Å². The predicted octanol–water partition coefficient (Wildman–Crippen LogP) is 2.26. The summed E-state index contributed by atoms with van der Waals surface area (Å²) in [5.74, 6) is 0.851. The highest BCUT2D eigenvalue weighted by Gasteiger charge is 2.19. The van der Waals surface area contributed by atoms with E-state index >= 15 is 0 Å². The fourth-order valence-corrected chi connectivity index (χ4v) is 3.19. The summed E-state index contributed by atoms with van der Waals surface area (Å²) in [7, 11) is 1.70. The van der Waals surface area contributed by atoms with Crippen LogP contribution in [0.1, 0.15) is 31.7 Å². The molecule has 0 radical (unpaired) electrons. The molecule has 0 bridgehead atoms. The van der Waals surface area contributed by atoms with Crippen LogP contribution in [-0.4, -0.2) is 70.0 Å². The molecule has 0 amide bonds. The number of methoxy groups -OCH3 is 1. The molecule has 6 heteroatoms. The van der Waals surface area contributed by atoms with E-state index in [-0.39, 0.29) is 0 Å². The predicted molar refractivity (Wildman–Crippen MR) is 111 cm³/mol. The smallest absolute Gasteiger partial charge is 0.191 e. The van der Waals surface area contributed by atoms with Gasteiger partial charge in [0.05, 0.1) is 12.7 Å². The van der Waals surface area contributed by atoms with Crippen molar-refractivity contribution in [2.45, 2.75) is 38.8 Å². The maximum atomic E-state index is 6.07. The highest BCUT2D eigenvalue weighted by atomic mass is 16.5. The number of guanidine groups is 1. The molecular formula is C21H36N4O2. The molecule has 2 rings (SSSR count). The third kappa shape index (κ3) is 9.22. The Bertz CT molecular complexity index is 516. The molecule has 1 aromatic rings. The van der Waals surface area contributed by atoms with Crippen LogP contribution in [0, 0.1) is 0 Å². The molecule has 2 N–H and O–H groups in total. The molecule has 1 fully saturated rings. The van der Waals surface area contributed by atoms with Crippen LogP contribution in [0.15, 0.2) is 35.3 Å². The normalized spacial score (nSPS) is 16.4. The van der Waals surface area contributed by atoms with Gasteiger partial charge in [-0.15, -0.1) is 0 Å². The summed E-state index contributed by atoms with van der Waals surface area (Å²) < 4.78 is 11.1. The van der Waals surface area contributed by atoms with Crippen molar-refractivity contribution in [1.82, 2.24) is 15.5 Å². The van der Waals surface area contributed by atoms with Crippen molar-refractivity contribution in [3.63, 3.8) is 0 Å². The van der Waals surface area contributed by atoms with Gasteiger partial charge < -0.3 is 20.1 Å². The first-order chi connectivity index (χ1) is 13.3. The zero-order valence-corrected chi connectivity index (χ0v) is 17.0. The first kappa shape index (κ1) is 21.7. The van der Waals surface area contributed by atoms with Crippen LogP contribution in [0.3, 0.4) is 0 Å². The van der Waals surface area contributed by atoms with Crippen LogP contribution in [-0.2, 0) is 16.0 Å². The van der Waals surface area contributed by atoms with E-state index in [1.165, 1.54) is 5.56 Å². The van der Waals surface area contributed by atoms with E-state index in [9.17, 15) is 0 Å². The van der Waals surface area contributed by atoms with Gasteiger partial charge in [-0.2, -0.15) is 0 Å². The molecule has 1 aromatic carbocycles. The molecule has 0 aliphatic carbocycles. The molecule has 0 aromatic heterocycles. The third-order valence-electron chi connectivity index (χ3n) is 4.65. The van der Waals surface area contributed by atoms with E-state index in [1.807, 2.05) is 0 Å². The van der Waals surface area contributed by atoms with Crippen molar-refractivity contribution in [2.24, 2.45) is 4.99 Å². The van der Waals surface area contributed by atoms with Gasteiger partial charge in [0, 0.05) is 53.0 Å². The molecule has 0 atom stereocenters. The average molecular weight is 377 g/mol. The van der Waals surface area contributed by atoms with E-state index in [0.29, 0.717) is 12.7 Å². The molecule has 0 spiro atoms. The SMILES string of the molecule is CCNC(=NCCCOC1CCN(Cc2ccccc2)CC1)NCCOC. The lowest BCUT2D eigenvalue weighted by Crippen LogP contribution is -2.39. The second-order valence-corrected chi connectivity index (χ2v) is 6.87. The van der Waals surface area contributed by atoms with Crippen LogP contribution in [0.25, 0.3) is 0 Å². The summed E-state index contributed by atoms with van der Waals surface area (Å²) >= 11 is 0. The number of ether oxygens (including phenoxy) is 2. The van der Waals surface area contributed by atoms with Gasteiger partial charge in [-0.25, -0.2) is 0 Å². The molecule has 0 unspecified atom stereocenters. The third-order valence-corrected chi connectivity index (χ3v) is 4.65. The number of piperidine rings is 1. The summed E-state index contributed by atoms with van der Waals surface area (Å²) in [6.07, 6.45) is 3.59. The number of rotatable bonds is 11. The second kappa shape index (κ2) is 13.5. The monoisotopic (exact) mass is 376 g/mol. The van der Waals surface area contributed by atoms with Crippen molar-refractivity contribution >= 4 is 5.96 Å². The quantitative estimate of drug-likeness (QED) is 0.352. The molecule has 1 aliphatic rings. The van der Waals surface area contributed by atoms with E-state index < -0.39 is 0 Å². The number of hydrogen-bond acceptors (Lipinski definition) is 4. The Hall–Kier alpha value is -1.63. The minimum absolute atomic E-state index is 0.397. The molecule has 1 aliphatic heterocycles. The van der Waals surface area contributed by atoms with Crippen LogP contribution >= 0.6 is 0 Å². The highest BCUT2D eigenvalue weighted by molar-refractivity contribution is 5.79. The van der Waals surface area contributed by atoms with E-state index in [4.69, 9.17) is 9.47 Å². The Morgan fingerprint density at radius 2 is 1.93 bits per heavy atom. The molecule has 0 saturated carbocycles. The Morgan fingerprint density at radius 1 is 1.15 bits per heavy atom. The zero-order chi connectivity index (χ0) is 19.2. The number of hydrogen-bond donors (Lipinski definition) is 2. The summed E-state index contributed by atoms with van der Waals surface area (Å²) in [6, 6.07) is 10.7. The zero-order valence-electron chi connectivity index (χ0n) is 17.0. The van der Waals surface area contributed by atoms with Gasteiger partial charge in [0.25, 0.3) is 0 Å². The Kier molecular flexibility index (Phi) is 10.9. The summed E-state index contributed by atoms with van der Waals surface area (Å²) in [4.78, 5) is 7.10. The average Bonchev–Trinajstić information content (AvgIpc) is 2.70. The molecule has 6 nitrogen and oxygen atoms in total. The lowest BCUT2D eigenvalue weighted by Gasteiger charge is -2.31. The highest BCUT2D eigenvalue weighted by Crippen LogP contribution is 2.16. The maximum Gasteiger partial charge on any atom is 0.191 e. The van der Waals surface area contributed by atoms with Gasteiger partial charge >= 0.3 is 0 Å². The Balaban J connectivity index is 1.56. The van der Waals surface area contributed by atoms with Crippen LogP contribution < -0.4 is 10.6 Å². The van der Waals surface area contributed by atoms with Crippen molar-refractivity contribution in [2.75, 3.05) is 53.0 Å². The van der Waals surface area contributed by atoms with Crippen molar-refractivity contribution in [3.05, 3.63) is 35.9 Å². The van der Waals surface area contributed by atoms with Crippen molar-refractivity contribution in [3.8, 4) is 0 Å². The van der Waals surface area contributed by atoms with Gasteiger partial charge in [0.1, 0.15) is 0 Å². The van der Waals surface area contributed by atoms with Gasteiger partial charge in [-0.3, -0.25) is 9.89 Å². The van der Waals surface area contributed by atoms with Gasteiger partial charge in [-0.05, 0) is 31.7 Å². The Morgan fingerprint density at radius 3 is 2.63 bits per heavy atom. The lowest BCUT2D eigenvalue weighted by molar-refractivity contribution is 0.00566. The van der Waals surface area contributed by atoms with Crippen molar-refractivity contribution in [1.29, 1.82) is 0 Å². The van der Waals surface area contributed by atoms with Gasteiger partial charge in [0.15, 0.2) is 5.96 Å². The molecule has 1 saturated heterocycles. The van der Waals surface area contributed by atoms with Crippen LogP contribution in [0.4, 0.5) is 0 Å². The standard InChI is InChI=1S/C21H36N4O2/c1-3-22-21(24-13-17-26-2)23-12-7-16-27-20-10-14-25(15-11-20)18-19-8-5-4-6-9-19/h4-6,8-9,20H,3,7,10-18H2,1-2H3,(H2,22,23,24). The van der Waals surface area contributed by atoms with Crippen LogP contribution in [0.2, 0.25) is 0 Å². The topological polar surface area (TPSA) is 58.1 Å². The maximum absolute atomic E-state index is 6.07. The lowest BCUT2D eigenvalue weighted by atomic mass is 10.1.